The van der Waals surface area contributed by atoms with E-state index < -0.39 is 5.97 Å². The van der Waals surface area contributed by atoms with Crippen LogP contribution in [0.3, 0.4) is 0 Å². The van der Waals surface area contributed by atoms with E-state index >= 15 is 0 Å². The lowest BCUT2D eigenvalue weighted by molar-refractivity contribution is -0.137. The molecule has 0 radical (unpaired) electrons. The molecular weight excluding hydrogens is 268 g/mol. The van der Waals surface area contributed by atoms with Crippen LogP contribution in [0.25, 0.3) is 0 Å². The summed E-state index contributed by atoms with van der Waals surface area (Å²) in [5, 5.41) is 8.85. The van der Waals surface area contributed by atoms with Gasteiger partial charge in [0.15, 0.2) is 0 Å². The summed E-state index contributed by atoms with van der Waals surface area (Å²) < 4.78 is 2.10. The molecule has 0 unspecified atom stereocenters. The highest BCUT2D eigenvalue weighted by atomic mass is 16.4. The lowest BCUT2D eigenvalue weighted by Crippen LogP contribution is -2.36. The summed E-state index contributed by atoms with van der Waals surface area (Å²) in [5.41, 5.74) is 2.69. The van der Waals surface area contributed by atoms with Gasteiger partial charge in [0.1, 0.15) is 0 Å². The SMILES string of the molecule is CCn1c(C)cc(C(=O)N(CCC(=O)O)CC(C)C)c1C. The lowest BCUT2D eigenvalue weighted by Gasteiger charge is -2.24. The van der Waals surface area contributed by atoms with E-state index in [0.717, 1.165) is 17.9 Å². The zero-order valence-electron chi connectivity index (χ0n) is 13.6. The van der Waals surface area contributed by atoms with Crippen LogP contribution < -0.4 is 0 Å². The van der Waals surface area contributed by atoms with Crippen molar-refractivity contribution in [3.63, 3.8) is 0 Å². The van der Waals surface area contributed by atoms with Crippen molar-refractivity contribution in [3.8, 4) is 0 Å². The van der Waals surface area contributed by atoms with Crippen molar-refractivity contribution in [1.82, 2.24) is 9.47 Å². The van der Waals surface area contributed by atoms with Gasteiger partial charge in [0.25, 0.3) is 5.91 Å². The average Bonchev–Trinajstić information content (AvgIpc) is 2.68. The summed E-state index contributed by atoms with van der Waals surface area (Å²) in [5.74, 6) is -0.647. The Labute approximate surface area is 126 Å². The number of aliphatic carboxylic acids is 1. The molecule has 0 bridgehead atoms. The molecule has 1 aromatic rings. The third-order valence-corrected chi connectivity index (χ3v) is 3.59. The van der Waals surface area contributed by atoms with Gasteiger partial charge in [-0.3, -0.25) is 9.59 Å². The van der Waals surface area contributed by atoms with Crippen LogP contribution in [0.15, 0.2) is 6.07 Å². The van der Waals surface area contributed by atoms with E-state index in [9.17, 15) is 9.59 Å². The first-order valence-electron chi connectivity index (χ1n) is 7.45. The van der Waals surface area contributed by atoms with Crippen LogP contribution in [-0.4, -0.2) is 39.5 Å². The molecule has 118 valence electrons. The van der Waals surface area contributed by atoms with E-state index in [2.05, 4.69) is 4.57 Å². The monoisotopic (exact) mass is 294 g/mol. The fourth-order valence-corrected chi connectivity index (χ4v) is 2.62. The molecule has 0 aliphatic heterocycles. The van der Waals surface area contributed by atoms with E-state index in [1.54, 1.807) is 4.90 Å². The van der Waals surface area contributed by atoms with Crippen molar-refractivity contribution >= 4 is 11.9 Å². The molecule has 0 saturated heterocycles. The summed E-state index contributed by atoms with van der Waals surface area (Å²) in [6.45, 7) is 11.7. The molecular formula is C16H26N2O3. The van der Waals surface area contributed by atoms with Gasteiger partial charge in [0, 0.05) is 31.0 Å². The molecule has 1 aromatic heterocycles. The van der Waals surface area contributed by atoms with Gasteiger partial charge in [0.2, 0.25) is 0 Å². The van der Waals surface area contributed by atoms with Crippen LogP contribution in [-0.2, 0) is 11.3 Å². The number of carbonyl (C=O) groups is 2. The average molecular weight is 294 g/mol. The molecule has 0 aliphatic rings. The number of nitrogens with zero attached hydrogens (tertiary/aromatic N) is 2. The van der Waals surface area contributed by atoms with Crippen molar-refractivity contribution < 1.29 is 14.7 Å². The summed E-state index contributed by atoms with van der Waals surface area (Å²) in [6.07, 6.45) is -0.0228. The Hall–Kier alpha value is -1.78. The molecule has 0 aromatic carbocycles. The van der Waals surface area contributed by atoms with Crippen LogP contribution >= 0.6 is 0 Å². The minimum Gasteiger partial charge on any atom is -0.481 e. The summed E-state index contributed by atoms with van der Waals surface area (Å²) in [4.78, 5) is 25.1. The maximum Gasteiger partial charge on any atom is 0.305 e. The topological polar surface area (TPSA) is 62.5 Å². The van der Waals surface area contributed by atoms with Gasteiger partial charge in [-0.1, -0.05) is 13.8 Å². The second-order valence-corrected chi connectivity index (χ2v) is 5.82. The van der Waals surface area contributed by atoms with Gasteiger partial charge in [0.05, 0.1) is 12.0 Å². The van der Waals surface area contributed by atoms with Crippen LogP contribution in [0.2, 0.25) is 0 Å². The smallest absolute Gasteiger partial charge is 0.305 e. The Kier molecular flexibility index (Phi) is 6.00. The van der Waals surface area contributed by atoms with Crippen LogP contribution in [0.1, 0.15) is 48.9 Å². The fourth-order valence-electron chi connectivity index (χ4n) is 2.62. The Morgan fingerprint density at radius 1 is 1.33 bits per heavy atom. The molecule has 21 heavy (non-hydrogen) atoms. The highest BCUT2D eigenvalue weighted by Gasteiger charge is 2.22. The van der Waals surface area contributed by atoms with Gasteiger partial charge in [-0.15, -0.1) is 0 Å². The first-order chi connectivity index (χ1) is 9.77. The van der Waals surface area contributed by atoms with E-state index in [1.165, 1.54) is 0 Å². The van der Waals surface area contributed by atoms with Crippen molar-refractivity contribution in [1.29, 1.82) is 0 Å². The first kappa shape index (κ1) is 17.3. The van der Waals surface area contributed by atoms with E-state index in [-0.39, 0.29) is 18.9 Å². The third-order valence-electron chi connectivity index (χ3n) is 3.59. The van der Waals surface area contributed by atoms with Crippen molar-refractivity contribution in [2.24, 2.45) is 5.92 Å². The number of carbonyl (C=O) groups excluding carboxylic acids is 1. The van der Waals surface area contributed by atoms with Crippen LogP contribution in [0.5, 0.6) is 0 Å². The second kappa shape index (κ2) is 7.29. The largest absolute Gasteiger partial charge is 0.481 e. The Morgan fingerprint density at radius 2 is 1.95 bits per heavy atom. The predicted molar refractivity (Wildman–Crippen MR) is 82.6 cm³/mol. The summed E-state index contributed by atoms with van der Waals surface area (Å²) in [6, 6.07) is 1.90. The minimum absolute atomic E-state index is 0.0228. The van der Waals surface area contributed by atoms with Crippen molar-refractivity contribution in [3.05, 3.63) is 23.0 Å². The van der Waals surface area contributed by atoms with Crippen LogP contribution in [0, 0.1) is 19.8 Å². The second-order valence-electron chi connectivity index (χ2n) is 5.82. The number of aryl methyl sites for hydroxylation is 1. The van der Waals surface area contributed by atoms with Gasteiger partial charge in [-0.05, 0) is 32.8 Å². The molecule has 5 nitrogen and oxygen atoms in total. The molecule has 0 aliphatic carbocycles. The molecule has 1 rings (SSSR count). The Balaban J connectivity index is 3.01. The summed E-state index contributed by atoms with van der Waals surface area (Å²) in [7, 11) is 0. The Morgan fingerprint density at radius 3 is 2.38 bits per heavy atom. The van der Waals surface area contributed by atoms with Crippen molar-refractivity contribution in [2.45, 2.75) is 47.6 Å². The number of hydrogen-bond donors (Lipinski definition) is 1. The van der Waals surface area contributed by atoms with Gasteiger partial charge in [-0.25, -0.2) is 0 Å². The highest BCUT2D eigenvalue weighted by Crippen LogP contribution is 2.18. The number of rotatable bonds is 7. The number of amides is 1. The van der Waals surface area contributed by atoms with Crippen LogP contribution in [0.4, 0.5) is 0 Å². The van der Waals surface area contributed by atoms with Gasteiger partial charge in [-0.2, -0.15) is 0 Å². The number of carboxylic acids is 1. The minimum atomic E-state index is -0.879. The van der Waals surface area contributed by atoms with E-state index in [4.69, 9.17) is 5.11 Å². The number of hydrogen-bond acceptors (Lipinski definition) is 2. The predicted octanol–water partition coefficient (Wildman–Crippen LogP) is 2.70. The number of carboxylic acid groups (broad SMARTS) is 1. The maximum atomic E-state index is 12.7. The molecule has 0 atom stereocenters. The highest BCUT2D eigenvalue weighted by molar-refractivity contribution is 5.96. The quantitative estimate of drug-likeness (QED) is 0.841. The molecule has 1 N–H and O–H groups in total. The lowest BCUT2D eigenvalue weighted by atomic mass is 10.1. The Bertz CT molecular complexity index is 518. The van der Waals surface area contributed by atoms with Gasteiger partial charge < -0.3 is 14.6 Å². The van der Waals surface area contributed by atoms with Crippen molar-refractivity contribution in [2.75, 3.05) is 13.1 Å². The van der Waals surface area contributed by atoms with E-state index in [1.807, 2.05) is 40.7 Å². The fraction of sp³-hybridized carbons (Fsp3) is 0.625. The maximum absolute atomic E-state index is 12.7. The summed E-state index contributed by atoms with van der Waals surface area (Å²) >= 11 is 0. The first-order valence-corrected chi connectivity index (χ1v) is 7.45. The zero-order valence-corrected chi connectivity index (χ0v) is 13.6. The normalized spacial score (nSPS) is 11.0. The molecule has 1 heterocycles. The molecule has 0 spiro atoms. The molecule has 5 heteroatoms. The standard InChI is InChI=1S/C16H26N2O3/c1-6-18-12(4)9-14(13(18)5)16(21)17(10-11(2)3)8-7-15(19)20/h9,11H,6-8,10H2,1-5H3,(H,19,20). The van der Waals surface area contributed by atoms with E-state index in [0.29, 0.717) is 18.0 Å². The third kappa shape index (κ3) is 4.34. The molecule has 0 fully saturated rings. The molecule has 0 saturated carbocycles. The molecule has 1 amide bonds. The number of aromatic nitrogens is 1. The zero-order chi connectivity index (χ0) is 16.2. The van der Waals surface area contributed by atoms with Gasteiger partial charge >= 0.3 is 5.97 Å².